The summed E-state index contributed by atoms with van der Waals surface area (Å²) in [4.78, 5) is 22.8. The molecule has 1 atom stereocenters. The Hall–Kier alpha value is -2.31. The number of cyclic esters (lactones) is 1. The average molecular weight is 280 g/mol. The van der Waals surface area contributed by atoms with Gasteiger partial charge in [-0.2, -0.15) is 10.1 Å². The highest BCUT2D eigenvalue weighted by molar-refractivity contribution is 5.78. The molecule has 1 aliphatic heterocycles. The number of rotatable bonds is 6. The molecule has 0 aliphatic carbocycles. The van der Waals surface area contributed by atoms with Crippen molar-refractivity contribution in [2.45, 2.75) is 25.9 Å². The molecule has 1 fully saturated rings. The van der Waals surface area contributed by atoms with Crippen LogP contribution in [0, 0.1) is 0 Å². The number of hydrogen-bond donors (Lipinski definition) is 0. The molecular weight excluding hydrogens is 264 g/mol. The van der Waals surface area contributed by atoms with Crippen LogP contribution in [0.3, 0.4) is 0 Å². The van der Waals surface area contributed by atoms with Gasteiger partial charge in [-0.15, -0.1) is 0 Å². The van der Waals surface area contributed by atoms with Crippen LogP contribution in [0.1, 0.15) is 25.5 Å². The van der Waals surface area contributed by atoms with E-state index >= 15 is 0 Å². The van der Waals surface area contributed by atoms with Gasteiger partial charge in [-0.25, -0.2) is 4.79 Å². The van der Waals surface area contributed by atoms with E-state index in [1.165, 1.54) is 17.5 Å². The zero-order valence-electron chi connectivity index (χ0n) is 11.2. The fraction of sp³-hybridized carbons (Fsp3) is 0.462. The molecule has 0 bridgehead atoms. The molecule has 1 amide bonds. The summed E-state index contributed by atoms with van der Waals surface area (Å²) in [6.45, 7) is 2.19. The Kier molecular flexibility index (Phi) is 4.75. The molecule has 0 spiro atoms. The van der Waals surface area contributed by atoms with Crippen LogP contribution in [-0.4, -0.2) is 42.5 Å². The standard InChI is InChI=1S/C13H16N2O5/c1-2-4-12(16)19-9-11-8-15(13(17)20-11)14-7-10-5-3-6-18-10/h3,5-7,11H,2,4,8-9H2,1H3. The first-order valence-corrected chi connectivity index (χ1v) is 6.40. The van der Waals surface area contributed by atoms with Gasteiger partial charge in [-0.1, -0.05) is 6.92 Å². The van der Waals surface area contributed by atoms with Crippen LogP contribution in [0.5, 0.6) is 0 Å². The summed E-state index contributed by atoms with van der Waals surface area (Å²) in [6.07, 6.45) is 2.97. The molecular formula is C13H16N2O5. The molecule has 1 unspecified atom stereocenters. The normalized spacial score (nSPS) is 18.6. The Morgan fingerprint density at radius 2 is 2.50 bits per heavy atom. The zero-order valence-corrected chi connectivity index (χ0v) is 11.2. The number of ether oxygens (including phenoxy) is 2. The lowest BCUT2D eigenvalue weighted by Gasteiger charge is -2.08. The fourth-order valence-corrected chi connectivity index (χ4v) is 1.64. The van der Waals surface area contributed by atoms with Crippen LogP contribution < -0.4 is 0 Å². The second kappa shape index (κ2) is 6.74. The van der Waals surface area contributed by atoms with E-state index in [0.717, 1.165) is 6.42 Å². The van der Waals surface area contributed by atoms with Crippen LogP contribution in [0.4, 0.5) is 4.79 Å². The number of carbonyl (C=O) groups is 2. The van der Waals surface area contributed by atoms with Gasteiger partial charge >= 0.3 is 12.1 Å². The minimum absolute atomic E-state index is 0.0529. The van der Waals surface area contributed by atoms with E-state index in [2.05, 4.69) is 5.10 Å². The van der Waals surface area contributed by atoms with Crippen molar-refractivity contribution < 1.29 is 23.5 Å². The Bertz CT molecular complexity index is 483. The molecule has 20 heavy (non-hydrogen) atoms. The van der Waals surface area contributed by atoms with Crippen molar-refractivity contribution in [3.8, 4) is 0 Å². The van der Waals surface area contributed by atoms with Gasteiger partial charge < -0.3 is 13.9 Å². The van der Waals surface area contributed by atoms with Crippen molar-refractivity contribution >= 4 is 18.3 Å². The first-order chi connectivity index (χ1) is 9.69. The van der Waals surface area contributed by atoms with Gasteiger partial charge in [0.1, 0.15) is 12.4 Å². The molecule has 7 heteroatoms. The van der Waals surface area contributed by atoms with Crippen molar-refractivity contribution in [1.29, 1.82) is 0 Å². The summed E-state index contributed by atoms with van der Waals surface area (Å²) in [5.74, 6) is 0.247. The topological polar surface area (TPSA) is 81.3 Å². The minimum Gasteiger partial charge on any atom is -0.463 e. The van der Waals surface area contributed by atoms with Crippen molar-refractivity contribution in [3.05, 3.63) is 24.2 Å². The molecule has 1 saturated heterocycles. The number of nitrogens with zero attached hydrogens (tertiary/aromatic N) is 2. The van der Waals surface area contributed by atoms with Crippen molar-refractivity contribution in [2.24, 2.45) is 5.10 Å². The molecule has 0 N–H and O–H groups in total. The summed E-state index contributed by atoms with van der Waals surface area (Å²) in [7, 11) is 0. The summed E-state index contributed by atoms with van der Waals surface area (Å²) < 4.78 is 15.1. The van der Waals surface area contributed by atoms with E-state index in [1.807, 2.05) is 6.92 Å². The quantitative estimate of drug-likeness (QED) is 0.586. The molecule has 0 radical (unpaired) electrons. The lowest BCUT2D eigenvalue weighted by molar-refractivity contribution is -0.146. The predicted octanol–water partition coefficient (Wildman–Crippen LogP) is 1.78. The molecule has 1 aromatic heterocycles. The number of amides is 1. The molecule has 1 aromatic rings. The third kappa shape index (κ3) is 3.84. The number of esters is 1. The number of hydrazone groups is 1. The summed E-state index contributed by atoms with van der Waals surface area (Å²) in [6, 6.07) is 3.44. The molecule has 0 saturated carbocycles. The van der Waals surface area contributed by atoms with E-state index < -0.39 is 12.2 Å². The highest BCUT2D eigenvalue weighted by Crippen LogP contribution is 2.12. The van der Waals surface area contributed by atoms with Crippen LogP contribution in [0.25, 0.3) is 0 Å². The first kappa shape index (κ1) is 14.1. The van der Waals surface area contributed by atoms with Gasteiger partial charge in [-0.3, -0.25) is 4.79 Å². The van der Waals surface area contributed by atoms with Gasteiger partial charge in [0.15, 0.2) is 6.10 Å². The third-order valence-electron chi connectivity index (χ3n) is 2.61. The van der Waals surface area contributed by atoms with Crippen LogP contribution in [0.2, 0.25) is 0 Å². The molecule has 108 valence electrons. The van der Waals surface area contributed by atoms with Crippen molar-refractivity contribution in [2.75, 3.05) is 13.2 Å². The molecule has 7 nitrogen and oxygen atoms in total. The van der Waals surface area contributed by atoms with Gasteiger partial charge in [0.25, 0.3) is 0 Å². The third-order valence-corrected chi connectivity index (χ3v) is 2.61. The van der Waals surface area contributed by atoms with Crippen molar-refractivity contribution in [3.63, 3.8) is 0 Å². The van der Waals surface area contributed by atoms with Gasteiger partial charge in [-0.05, 0) is 18.6 Å². The summed E-state index contributed by atoms with van der Waals surface area (Å²) >= 11 is 0. The van der Waals surface area contributed by atoms with E-state index in [9.17, 15) is 9.59 Å². The molecule has 1 aliphatic rings. The summed E-state index contributed by atoms with van der Waals surface area (Å²) in [5, 5.41) is 5.13. The minimum atomic E-state index is -0.565. The lowest BCUT2D eigenvalue weighted by Crippen LogP contribution is -2.23. The molecule has 0 aromatic carbocycles. The Labute approximate surface area is 116 Å². The van der Waals surface area contributed by atoms with E-state index in [0.29, 0.717) is 12.2 Å². The van der Waals surface area contributed by atoms with Gasteiger partial charge in [0, 0.05) is 6.42 Å². The Morgan fingerprint density at radius 3 is 3.20 bits per heavy atom. The van der Waals surface area contributed by atoms with E-state index in [-0.39, 0.29) is 19.1 Å². The number of carbonyl (C=O) groups excluding carboxylic acids is 2. The monoisotopic (exact) mass is 280 g/mol. The first-order valence-electron chi connectivity index (χ1n) is 6.40. The molecule has 2 rings (SSSR count). The van der Waals surface area contributed by atoms with Gasteiger partial charge in [0.05, 0.1) is 19.0 Å². The van der Waals surface area contributed by atoms with Crippen LogP contribution in [-0.2, 0) is 14.3 Å². The van der Waals surface area contributed by atoms with Crippen LogP contribution in [0.15, 0.2) is 27.9 Å². The second-order valence-corrected chi connectivity index (χ2v) is 4.28. The maximum Gasteiger partial charge on any atom is 0.430 e. The highest BCUT2D eigenvalue weighted by atomic mass is 16.6. The maximum atomic E-state index is 11.5. The average Bonchev–Trinajstić information content (AvgIpc) is 3.04. The Morgan fingerprint density at radius 1 is 1.65 bits per heavy atom. The van der Waals surface area contributed by atoms with Gasteiger partial charge in [0.2, 0.25) is 0 Å². The second-order valence-electron chi connectivity index (χ2n) is 4.28. The zero-order chi connectivity index (χ0) is 14.4. The van der Waals surface area contributed by atoms with E-state index in [4.69, 9.17) is 13.9 Å². The summed E-state index contributed by atoms with van der Waals surface area (Å²) in [5.41, 5.74) is 0. The number of furan rings is 1. The fourth-order valence-electron chi connectivity index (χ4n) is 1.64. The SMILES string of the molecule is CCCC(=O)OCC1CN(N=Cc2ccco2)C(=O)O1. The maximum absolute atomic E-state index is 11.5. The van der Waals surface area contributed by atoms with E-state index in [1.54, 1.807) is 12.1 Å². The smallest absolute Gasteiger partial charge is 0.430 e. The lowest BCUT2D eigenvalue weighted by atomic mass is 10.3. The predicted molar refractivity (Wildman–Crippen MR) is 69.1 cm³/mol. The largest absolute Gasteiger partial charge is 0.463 e. The van der Waals surface area contributed by atoms with Crippen LogP contribution >= 0.6 is 0 Å². The highest BCUT2D eigenvalue weighted by Gasteiger charge is 2.32. The van der Waals surface area contributed by atoms with Crippen molar-refractivity contribution in [1.82, 2.24) is 5.01 Å². The Balaban J connectivity index is 1.80. The number of hydrogen-bond acceptors (Lipinski definition) is 6. The molecule has 2 heterocycles.